The van der Waals surface area contributed by atoms with Gasteiger partial charge in [-0.3, -0.25) is 9.69 Å². The highest BCUT2D eigenvalue weighted by Crippen LogP contribution is 2.35. The van der Waals surface area contributed by atoms with Crippen LogP contribution in [0.1, 0.15) is 12.5 Å². The Morgan fingerprint density at radius 1 is 1.55 bits per heavy atom. The molecule has 1 fully saturated rings. The predicted octanol–water partition coefficient (Wildman–Crippen LogP) is 2.21. The van der Waals surface area contributed by atoms with E-state index in [1.165, 1.54) is 7.11 Å². The molecule has 1 aromatic rings. The molecule has 1 unspecified atom stereocenters. The molecule has 5 nitrogen and oxygen atoms in total. The lowest BCUT2D eigenvalue weighted by atomic mass is 9.87. The first-order valence-electron chi connectivity index (χ1n) is 6.43. The molecule has 0 aliphatic carbocycles. The third-order valence-corrected chi connectivity index (χ3v) is 4.03. The number of aliphatic carboxylic acids is 1. The molecule has 0 radical (unpaired) electrons. The fraction of sp³-hybridized carbons (Fsp3) is 0.500. The number of phenols is 1. The first-order chi connectivity index (χ1) is 9.42. The van der Waals surface area contributed by atoms with E-state index >= 15 is 0 Å². The summed E-state index contributed by atoms with van der Waals surface area (Å²) < 4.78 is 5.06. The summed E-state index contributed by atoms with van der Waals surface area (Å²) in [7, 11) is 1.48. The topological polar surface area (TPSA) is 70.0 Å². The predicted molar refractivity (Wildman–Crippen MR) is 75.2 cm³/mol. The van der Waals surface area contributed by atoms with Gasteiger partial charge in [-0.05, 0) is 12.0 Å². The Morgan fingerprint density at radius 2 is 2.20 bits per heavy atom. The van der Waals surface area contributed by atoms with Gasteiger partial charge in [0, 0.05) is 36.3 Å². The van der Waals surface area contributed by atoms with E-state index in [1.807, 2.05) is 0 Å². The van der Waals surface area contributed by atoms with Crippen molar-refractivity contribution in [2.75, 3.05) is 20.2 Å². The minimum absolute atomic E-state index is 0.0895. The number of hydrogen-bond acceptors (Lipinski definition) is 4. The normalized spacial score (nSPS) is 17.6. The second-order valence-corrected chi connectivity index (χ2v) is 5.63. The van der Waals surface area contributed by atoms with Crippen molar-refractivity contribution in [2.45, 2.75) is 13.5 Å². The molecule has 2 N–H and O–H groups in total. The SMILES string of the molecule is COc1cc(Cl)cc(CN2CC(C(C)C(=O)O)C2)c1O. The molecule has 110 valence electrons. The van der Waals surface area contributed by atoms with E-state index < -0.39 is 5.97 Å². The van der Waals surface area contributed by atoms with Gasteiger partial charge in [0.2, 0.25) is 0 Å². The Balaban J connectivity index is 2.00. The molecule has 0 aromatic heterocycles. The third-order valence-electron chi connectivity index (χ3n) is 3.81. The molecule has 0 bridgehead atoms. The number of carboxylic acids is 1. The maximum atomic E-state index is 10.9. The number of carboxylic acid groups (broad SMARTS) is 1. The Hall–Kier alpha value is -1.46. The lowest BCUT2D eigenvalue weighted by Gasteiger charge is -2.41. The van der Waals surface area contributed by atoms with Crippen LogP contribution in [-0.4, -0.2) is 41.3 Å². The van der Waals surface area contributed by atoms with Crippen LogP contribution in [0.15, 0.2) is 12.1 Å². The second kappa shape index (κ2) is 5.89. The number of benzene rings is 1. The third kappa shape index (κ3) is 2.99. The highest BCUT2D eigenvalue weighted by atomic mass is 35.5. The minimum Gasteiger partial charge on any atom is -0.504 e. The number of aromatic hydroxyl groups is 1. The first kappa shape index (κ1) is 14.9. The zero-order valence-electron chi connectivity index (χ0n) is 11.5. The molecule has 0 saturated carbocycles. The number of rotatable bonds is 5. The van der Waals surface area contributed by atoms with Gasteiger partial charge in [-0.2, -0.15) is 0 Å². The largest absolute Gasteiger partial charge is 0.504 e. The molecular weight excluding hydrogens is 282 g/mol. The monoisotopic (exact) mass is 299 g/mol. The van der Waals surface area contributed by atoms with E-state index in [1.54, 1.807) is 19.1 Å². The second-order valence-electron chi connectivity index (χ2n) is 5.20. The number of likely N-dealkylation sites (tertiary alicyclic amines) is 1. The molecule has 2 rings (SSSR count). The summed E-state index contributed by atoms with van der Waals surface area (Å²) in [4.78, 5) is 13.0. The molecular formula is C14H18ClNO4. The van der Waals surface area contributed by atoms with Crippen LogP contribution in [0.25, 0.3) is 0 Å². The minimum atomic E-state index is -0.762. The van der Waals surface area contributed by atoms with Crippen molar-refractivity contribution in [1.82, 2.24) is 4.90 Å². The highest BCUT2D eigenvalue weighted by Gasteiger charge is 2.34. The van der Waals surface area contributed by atoms with Gasteiger partial charge in [-0.25, -0.2) is 0 Å². The smallest absolute Gasteiger partial charge is 0.306 e. The number of phenolic OH excluding ortho intramolecular Hbond substituents is 1. The number of methoxy groups -OCH3 is 1. The molecule has 1 atom stereocenters. The van der Waals surface area contributed by atoms with Crippen molar-refractivity contribution in [3.8, 4) is 11.5 Å². The van der Waals surface area contributed by atoms with E-state index in [0.717, 1.165) is 0 Å². The van der Waals surface area contributed by atoms with Crippen LogP contribution < -0.4 is 4.74 Å². The Labute approximate surface area is 122 Å². The van der Waals surface area contributed by atoms with E-state index in [9.17, 15) is 9.90 Å². The standard InChI is InChI=1S/C14H18ClNO4/c1-8(14(18)19)10-6-16(7-10)5-9-3-11(15)4-12(20-2)13(9)17/h3-4,8,10,17H,5-7H2,1-2H3,(H,18,19). The van der Waals surface area contributed by atoms with Gasteiger partial charge in [0.15, 0.2) is 11.5 Å². The summed E-state index contributed by atoms with van der Waals surface area (Å²) in [6.45, 7) is 3.68. The lowest BCUT2D eigenvalue weighted by molar-refractivity contribution is -0.145. The van der Waals surface area contributed by atoms with Gasteiger partial charge < -0.3 is 14.9 Å². The van der Waals surface area contributed by atoms with E-state index in [0.29, 0.717) is 36.0 Å². The van der Waals surface area contributed by atoms with Gasteiger partial charge in [0.25, 0.3) is 0 Å². The molecule has 1 aromatic carbocycles. The van der Waals surface area contributed by atoms with Crippen molar-refractivity contribution in [3.63, 3.8) is 0 Å². The van der Waals surface area contributed by atoms with Gasteiger partial charge in [-0.15, -0.1) is 0 Å². The zero-order chi connectivity index (χ0) is 14.9. The van der Waals surface area contributed by atoms with Crippen molar-refractivity contribution in [3.05, 3.63) is 22.7 Å². The number of nitrogens with zero attached hydrogens (tertiary/aromatic N) is 1. The number of hydrogen-bond donors (Lipinski definition) is 2. The van der Waals surface area contributed by atoms with Crippen molar-refractivity contribution < 1.29 is 19.7 Å². The molecule has 1 heterocycles. The average Bonchev–Trinajstić information content (AvgIpc) is 2.35. The quantitative estimate of drug-likeness (QED) is 0.872. The summed E-state index contributed by atoms with van der Waals surface area (Å²) >= 11 is 5.98. The Bertz CT molecular complexity index is 514. The van der Waals surface area contributed by atoms with Crippen LogP contribution in [0, 0.1) is 11.8 Å². The molecule has 20 heavy (non-hydrogen) atoms. The van der Waals surface area contributed by atoms with E-state index in [-0.39, 0.29) is 17.6 Å². The van der Waals surface area contributed by atoms with Crippen LogP contribution in [0.3, 0.4) is 0 Å². The number of halogens is 1. The van der Waals surface area contributed by atoms with Crippen LogP contribution in [0.2, 0.25) is 5.02 Å². The summed E-state index contributed by atoms with van der Waals surface area (Å²) in [5, 5.41) is 19.5. The van der Waals surface area contributed by atoms with Gasteiger partial charge in [0.1, 0.15) is 0 Å². The molecule has 6 heteroatoms. The fourth-order valence-corrected chi connectivity index (χ4v) is 2.63. The zero-order valence-corrected chi connectivity index (χ0v) is 12.2. The number of ether oxygens (including phenoxy) is 1. The summed E-state index contributed by atoms with van der Waals surface area (Å²) in [5.41, 5.74) is 0.691. The fourth-order valence-electron chi connectivity index (χ4n) is 2.40. The van der Waals surface area contributed by atoms with Crippen LogP contribution in [0.4, 0.5) is 0 Å². The molecule has 0 amide bonds. The summed E-state index contributed by atoms with van der Waals surface area (Å²) in [6, 6.07) is 3.26. The first-order valence-corrected chi connectivity index (χ1v) is 6.80. The van der Waals surface area contributed by atoms with Gasteiger partial charge in [0.05, 0.1) is 13.0 Å². The van der Waals surface area contributed by atoms with Gasteiger partial charge in [-0.1, -0.05) is 18.5 Å². The maximum absolute atomic E-state index is 10.9. The molecule has 1 aliphatic heterocycles. The number of carbonyl (C=O) groups is 1. The van der Waals surface area contributed by atoms with E-state index in [2.05, 4.69) is 4.90 Å². The van der Waals surface area contributed by atoms with E-state index in [4.69, 9.17) is 21.4 Å². The van der Waals surface area contributed by atoms with Crippen molar-refractivity contribution in [1.29, 1.82) is 0 Å². The van der Waals surface area contributed by atoms with Crippen LogP contribution in [0.5, 0.6) is 11.5 Å². The summed E-state index contributed by atoms with van der Waals surface area (Å²) in [6.07, 6.45) is 0. The molecule has 1 saturated heterocycles. The Kier molecular flexibility index (Phi) is 4.40. The molecule has 0 spiro atoms. The van der Waals surface area contributed by atoms with Crippen LogP contribution >= 0.6 is 11.6 Å². The lowest BCUT2D eigenvalue weighted by Crippen LogP contribution is -2.50. The highest BCUT2D eigenvalue weighted by molar-refractivity contribution is 6.30. The molecule has 1 aliphatic rings. The average molecular weight is 300 g/mol. The van der Waals surface area contributed by atoms with Crippen molar-refractivity contribution in [2.24, 2.45) is 11.8 Å². The van der Waals surface area contributed by atoms with Crippen LogP contribution in [-0.2, 0) is 11.3 Å². The maximum Gasteiger partial charge on any atom is 0.306 e. The Morgan fingerprint density at radius 3 is 2.75 bits per heavy atom. The van der Waals surface area contributed by atoms with Gasteiger partial charge >= 0.3 is 5.97 Å². The summed E-state index contributed by atoms with van der Waals surface area (Å²) in [5.74, 6) is -0.499. The van der Waals surface area contributed by atoms with Crippen molar-refractivity contribution >= 4 is 17.6 Å².